The second kappa shape index (κ2) is 8.09. The van der Waals surface area contributed by atoms with Crippen molar-refractivity contribution < 1.29 is 14.5 Å². The number of hydrogen-bond donors (Lipinski definition) is 3. The molecule has 1 aliphatic heterocycles. The lowest BCUT2D eigenvalue weighted by molar-refractivity contribution is -0.384. The molecule has 3 atom stereocenters. The fraction of sp³-hybridized carbons (Fsp3) is 0.444. The number of non-ortho nitro benzene ring substituents is 1. The Morgan fingerprint density at radius 2 is 2.00 bits per heavy atom. The maximum atomic E-state index is 12.0. The molecule has 8 nitrogen and oxygen atoms in total. The molecule has 2 fully saturated rings. The summed E-state index contributed by atoms with van der Waals surface area (Å²) in [5, 5.41) is 13.5. The molecule has 1 saturated carbocycles. The predicted octanol–water partition coefficient (Wildman–Crippen LogP) is 1.53. The van der Waals surface area contributed by atoms with Gasteiger partial charge in [0, 0.05) is 36.7 Å². The van der Waals surface area contributed by atoms with Gasteiger partial charge in [0.25, 0.3) is 5.69 Å². The number of nitro groups is 1. The number of amides is 2. The summed E-state index contributed by atoms with van der Waals surface area (Å²) in [6.45, 7) is 0.435. The molecule has 0 aromatic heterocycles. The second-order valence-electron chi connectivity index (χ2n) is 6.72. The van der Waals surface area contributed by atoms with Gasteiger partial charge in [-0.1, -0.05) is 12.8 Å². The topological polar surface area (TPSA) is 113 Å². The normalized spacial score (nSPS) is 25.4. The number of hydrazine groups is 1. The summed E-state index contributed by atoms with van der Waals surface area (Å²) in [6.07, 6.45) is 7.10. The van der Waals surface area contributed by atoms with Gasteiger partial charge < -0.3 is 5.32 Å². The number of nitrogens with one attached hydrogen (secondary N) is 3. The Morgan fingerprint density at radius 1 is 1.27 bits per heavy atom. The minimum atomic E-state index is -0.464. The third-order valence-corrected chi connectivity index (χ3v) is 5.08. The van der Waals surface area contributed by atoms with Crippen molar-refractivity contribution in [3.63, 3.8) is 0 Å². The van der Waals surface area contributed by atoms with Crippen molar-refractivity contribution in [1.29, 1.82) is 0 Å². The van der Waals surface area contributed by atoms with Crippen LogP contribution in [0.25, 0.3) is 6.08 Å². The van der Waals surface area contributed by atoms with Gasteiger partial charge in [0.15, 0.2) is 0 Å². The summed E-state index contributed by atoms with van der Waals surface area (Å²) >= 11 is 0. The summed E-state index contributed by atoms with van der Waals surface area (Å²) < 4.78 is 0. The van der Waals surface area contributed by atoms with Gasteiger partial charge >= 0.3 is 0 Å². The van der Waals surface area contributed by atoms with Crippen LogP contribution in [0.3, 0.4) is 0 Å². The Labute approximate surface area is 151 Å². The van der Waals surface area contributed by atoms with Crippen molar-refractivity contribution in [3.05, 3.63) is 46.0 Å². The van der Waals surface area contributed by atoms with Gasteiger partial charge in [0.2, 0.25) is 11.8 Å². The van der Waals surface area contributed by atoms with E-state index in [0.717, 1.165) is 25.7 Å². The van der Waals surface area contributed by atoms with Crippen molar-refractivity contribution >= 4 is 23.6 Å². The van der Waals surface area contributed by atoms with Crippen molar-refractivity contribution in [2.24, 2.45) is 11.8 Å². The molecule has 8 heteroatoms. The van der Waals surface area contributed by atoms with Gasteiger partial charge in [0.05, 0.1) is 4.92 Å². The van der Waals surface area contributed by atoms with E-state index in [0.29, 0.717) is 12.1 Å². The number of carbonyl (C=O) groups excluding carboxylic acids is 2. The minimum Gasteiger partial charge on any atom is -0.351 e. The number of hydrogen-bond acceptors (Lipinski definition) is 5. The second-order valence-corrected chi connectivity index (χ2v) is 6.72. The Bertz CT molecular complexity index is 716. The molecular formula is C18H22N4O4. The molecule has 2 amide bonds. The van der Waals surface area contributed by atoms with Crippen LogP contribution in [0.2, 0.25) is 0 Å². The summed E-state index contributed by atoms with van der Waals surface area (Å²) in [6, 6.07) is 6.00. The molecule has 3 N–H and O–H groups in total. The van der Waals surface area contributed by atoms with Gasteiger partial charge in [0.1, 0.15) is 0 Å². The molecule has 1 aromatic rings. The molecular weight excluding hydrogens is 336 g/mol. The van der Waals surface area contributed by atoms with E-state index in [1.807, 2.05) is 0 Å². The highest BCUT2D eigenvalue weighted by Gasteiger charge is 2.39. The molecule has 3 unspecified atom stereocenters. The fourth-order valence-electron chi connectivity index (χ4n) is 3.68. The van der Waals surface area contributed by atoms with Crippen LogP contribution in [0.15, 0.2) is 30.3 Å². The van der Waals surface area contributed by atoms with Crippen LogP contribution in [0, 0.1) is 22.0 Å². The first kappa shape index (κ1) is 18.1. The summed E-state index contributed by atoms with van der Waals surface area (Å²) in [5.74, 6) is 0.0868. The average molecular weight is 358 g/mol. The number of fused-ring (bicyclic) bond motifs is 1. The van der Waals surface area contributed by atoms with E-state index >= 15 is 0 Å². The lowest BCUT2D eigenvalue weighted by atomic mass is 9.74. The zero-order valence-electron chi connectivity index (χ0n) is 14.3. The summed E-state index contributed by atoms with van der Waals surface area (Å²) in [7, 11) is 0. The maximum Gasteiger partial charge on any atom is 0.269 e. The molecule has 138 valence electrons. The van der Waals surface area contributed by atoms with Crippen LogP contribution in [0.4, 0.5) is 5.69 Å². The van der Waals surface area contributed by atoms with Crippen molar-refractivity contribution in [3.8, 4) is 0 Å². The van der Waals surface area contributed by atoms with Crippen LogP contribution in [0.1, 0.15) is 31.2 Å². The SMILES string of the molecule is O=C(/C=C/c1ccc([N+](=O)[O-])cc1)NCC1NNC(=O)C2CCCCC12. The maximum absolute atomic E-state index is 12.0. The smallest absolute Gasteiger partial charge is 0.269 e. The van der Waals surface area contributed by atoms with E-state index in [9.17, 15) is 19.7 Å². The Balaban J connectivity index is 1.51. The van der Waals surface area contributed by atoms with E-state index in [-0.39, 0.29) is 35.4 Å². The van der Waals surface area contributed by atoms with Gasteiger partial charge in [-0.05, 0) is 42.5 Å². The zero-order chi connectivity index (χ0) is 18.5. The number of rotatable bonds is 5. The molecule has 0 spiro atoms. The average Bonchev–Trinajstić information content (AvgIpc) is 2.66. The number of nitrogens with zero attached hydrogens (tertiary/aromatic N) is 1. The lowest BCUT2D eigenvalue weighted by Gasteiger charge is -2.41. The third kappa shape index (κ3) is 4.26. The van der Waals surface area contributed by atoms with Crippen LogP contribution in [-0.2, 0) is 9.59 Å². The van der Waals surface area contributed by atoms with E-state index in [1.165, 1.54) is 18.2 Å². The zero-order valence-corrected chi connectivity index (χ0v) is 14.3. The molecule has 0 radical (unpaired) electrons. The number of benzene rings is 1. The summed E-state index contributed by atoms with van der Waals surface area (Å²) in [4.78, 5) is 34.1. The number of nitro benzene ring substituents is 1. The van der Waals surface area contributed by atoms with Crippen LogP contribution >= 0.6 is 0 Å². The molecule has 0 bridgehead atoms. The molecule has 1 aliphatic carbocycles. The highest BCUT2D eigenvalue weighted by Crippen LogP contribution is 2.34. The van der Waals surface area contributed by atoms with Gasteiger partial charge in [-0.15, -0.1) is 0 Å². The van der Waals surface area contributed by atoms with E-state index in [4.69, 9.17) is 0 Å². The van der Waals surface area contributed by atoms with Gasteiger partial charge in [-0.2, -0.15) is 0 Å². The highest BCUT2D eigenvalue weighted by atomic mass is 16.6. The minimum absolute atomic E-state index is 0.0130. The van der Waals surface area contributed by atoms with Gasteiger partial charge in [-0.25, -0.2) is 5.43 Å². The lowest BCUT2D eigenvalue weighted by Crippen LogP contribution is -2.62. The van der Waals surface area contributed by atoms with Crippen LogP contribution in [0.5, 0.6) is 0 Å². The molecule has 1 saturated heterocycles. The number of carbonyl (C=O) groups is 2. The molecule has 26 heavy (non-hydrogen) atoms. The van der Waals surface area contributed by atoms with Crippen LogP contribution < -0.4 is 16.2 Å². The first-order valence-electron chi connectivity index (χ1n) is 8.80. The fourth-order valence-corrected chi connectivity index (χ4v) is 3.68. The predicted molar refractivity (Wildman–Crippen MR) is 95.7 cm³/mol. The quantitative estimate of drug-likeness (QED) is 0.420. The molecule has 1 aromatic carbocycles. The molecule has 1 heterocycles. The Hall–Kier alpha value is -2.74. The van der Waals surface area contributed by atoms with Crippen molar-refractivity contribution in [1.82, 2.24) is 16.2 Å². The van der Waals surface area contributed by atoms with Gasteiger partial charge in [-0.3, -0.25) is 25.1 Å². The van der Waals surface area contributed by atoms with Crippen molar-refractivity contribution in [2.75, 3.05) is 6.54 Å². The highest BCUT2D eigenvalue weighted by molar-refractivity contribution is 5.91. The largest absolute Gasteiger partial charge is 0.351 e. The molecule has 2 aliphatic rings. The van der Waals surface area contributed by atoms with E-state index < -0.39 is 4.92 Å². The Kier molecular flexibility index (Phi) is 5.62. The van der Waals surface area contributed by atoms with E-state index in [2.05, 4.69) is 16.2 Å². The van der Waals surface area contributed by atoms with Crippen molar-refractivity contribution in [2.45, 2.75) is 31.7 Å². The first-order valence-corrected chi connectivity index (χ1v) is 8.80. The van der Waals surface area contributed by atoms with Crippen LogP contribution in [-0.4, -0.2) is 29.3 Å². The standard InChI is InChI=1S/C18H22N4O4/c23-17(10-7-12-5-8-13(9-6-12)22(25)26)19-11-16-14-3-1-2-4-15(14)18(24)21-20-16/h5-10,14-16,20H,1-4,11H2,(H,19,23)(H,21,24)/b10-7+. The first-order chi connectivity index (χ1) is 12.5. The van der Waals surface area contributed by atoms with E-state index in [1.54, 1.807) is 18.2 Å². The Morgan fingerprint density at radius 3 is 2.73 bits per heavy atom. The monoisotopic (exact) mass is 358 g/mol. The summed E-state index contributed by atoms with van der Waals surface area (Å²) in [5.41, 5.74) is 6.45. The third-order valence-electron chi connectivity index (χ3n) is 5.08. The molecule has 3 rings (SSSR count).